The lowest BCUT2D eigenvalue weighted by molar-refractivity contribution is -0.122. The van der Waals surface area contributed by atoms with Crippen LogP contribution >= 0.6 is 35.2 Å². The first-order chi connectivity index (χ1) is 18.0. The van der Waals surface area contributed by atoms with Crippen LogP contribution in [0.5, 0.6) is 17.2 Å². The first kappa shape index (κ1) is 24.6. The molecule has 0 unspecified atom stereocenters. The Morgan fingerprint density at radius 1 is 0.973 bits per heavy atom. The molecule has 0 radical (unpaired) electrons. The molecule has 2 amide bonds. The number of thiazole rings is 1. The van der Waals surface area contributed by atoms with E-state index in [0.29, 0.717) is 33.0 Å². The lowest BCUT2D eigenvalue weighted by Crippen LogP contribution is -2.54. The zero-order valence-corrected chi connectivity index (χ0v) is 21.5. The Labute approximate surface area is 226 Å². The quantitative estimate of drug-likeness (QED) is 0.174. The van der Waals surface area contributed by atoms with Crippen LogP contribution in [-0.4, -0.2) is 21.9 Å². The molecule has 1 saturated heterocycles. The summed E-state index contributed by atoms with van der Waals surface area (Å²) in [7, 11) is 0. The van der Waals surface area contributed by atoms with Crippen LogP contribution in [0.2, 0.25) is 4.47 Å². The standard InChI is InChI=1S/C27H18ClN3O4S2/c28-26-29-15-21(37-26)16-34-23-9-5-4-6-17(23)14-22-24(32)30-27(36)31(25(22)33)18-10-12-20(13-11-18)35-19-7-2-1-3-8-19/h1-15H,16H2,(H,30,32,36). The number of nitrogens with zero attached hydrogens (tertiary/aromatic N) is 2. The SMILES string of the molecule is O=C1NC(=S)N(c2ccc(Oc3ccccc3)cc2)C(=O)C1=Cc1ccccc1OCc1cnc(Cl)s1. The van der Waals surface area contributed by atoms with E-state index in [2.05, 4.69) is 10.3 Å². The minimum Gasteiger partial charge on any atom is -0.487 e. The van der Waals surface area contributed by atoms with E-state index in [1.54, 1.807) is 54.7 Å². The van der Waals surface area contributed by atoms with Crippen molar-refractivity contribution in [3.63, 3.8) is 0 Å². The number of carbonyl (C=O) groups excluding carboxylic acids is 2. The van der Waals surface area contributed by atoms with Crippen LogP contribution in [0.3, 0.4) is 0 Å². The topological polar surface area (TPSA) is 80.8 Å². The van der Waals surface area contributed by atoms with Crippen LogP contribution < -0.4 is 19.7 Å². The smallest absolute Gasteiger partial charge is 0.270 e. The van der Waals surface area contributed by atoms with Gasteiger partial charge in [0.2, 0.25) is 0 Å². The summed E-state index contributed by atoms with van der Waals surface area (Å²) < 4.78 is 12.2. The Morgan fingerprint density at radius 2 is 1.68 bits per heavy atom. The van der Waals surface area contributed by atoms with Crippen LogP contribution in [0.4, 0.5) is 5.69 Å². The number of carbonyl (C=O) groups is 2. The summed E-state index contributed by atoms with van der Waals surface area (Å²) >= 11 is 12.5. The molecule has 0 atom stereocenters. The third kappa shape index (κ3) is 5.69. The van der Waals surface area contributed by atoms with Crippen LogP contribution in [0.15, 0.2) is 90.6 Å². The van der Waals surface area contributed by atoms with Gasteiger partial charge in [-0.2, -0.15) is 0 Å². The number of amides is 2. The van der Waals surface area contributed by atoms with Crippen LogP contribution in [0.1, 0.15) is 10.4 Å². The Kier molecular flexibility index (Phi) is 7.27. The van der Waals surface area contributed by atoms with Gasteiger partial charge in [-0.25, -0.2) is 4.98 Å². The molecule has 0 saturated carbocycles. The van der Waals surface area contributed by atoms with Gasteiger partial charge in [-0.05, 0) is 60.8 Å². The van der Waals surface area contributed by atoms with Gasteiger partial charge in [0.05, 0.1) is 10.6 Å². The van der Waals surface area contributed by atoms with E-state index in [-0.39, 0.29) is 17.3 Å². The second kappa shape index (κ2) is 10.9. The molecule has 1 aromatic heterocycles. The Balaban J connectivity index is 1.38. The van der Waals surface area contributed by atoms with Gasteiger partial charge in [0.25, 0.3) is 11.8 Å². The second-order valence-electron chi connectivity index (χ2n) is 7.77. The molecule has 2 heterocycles. The molecule has 1 fully saturated rings. The number of rotatable bonds is 7. The van der Waals surface area contributed by atoms with E-state index in [1.165, 1.54) is 22.3 Å². The monoisotopic (exact) mass is 547 g/mol. The molecule has 0 bridgehead atoms. The zero-order valence-electron chi connectivity index (χ0n) is 19.1. The van der Waals surface area contributed by atoms with Gasteiger partial charge in [0, 0.05) is 11.8 Å². The van der Waals surface area contributed by atoms with E-state index in [0.717, 1.165) is 4.88 Å². The maximum atomic E-state index is 13.4. The molecule has 7 nitrogen and oxygen atoms in total. The maximum Gasteiger partial charge on any atom is 0.270 e. The van der Waals surface area contributed by atoms with E-state index in [1.807, 2.05) is 30.3 Å². The molecule has 37 heavy (non-hydrogen) atoms. The third-order valence-electron chi connectivity index (χ3n) is 5.29. The van der Waals surface area contributed by atoms with Crippen molar-refractivity contribution in [2.24, 2.45) is 0 Å². The van der Waals surface area contributed by atoms with E-state index >= 15 is 0 Å². The number of aromatic nitrogens is 1. The molecule has 4 aromatic rings. The average molecular weight is 548 g/mol. The van der Waals surface area contributed by atoms with Crippen LogP contribution in [0, 0.1) is 0 Å². The summed E-state index contributed by atoms with van der Waals surface area (Å²) in [5.74, 6) is 0.658. The molecule has 1 N–H and O–H groups in total. The molecule has 10 heteroatoms. The normalized spacial score (nSPS) is 14.6. The van der Waals surface area contributed by atoms with Crippen LogP contribution in [-0.2, 0) is 16.2 Å². The zero-order chi connectivity index (χ0) is 25.8. The summed E-state index contributed by atoms with van der Waals surface area (Å²) in [6.45, 7) is 0.248. The van der Waals surface area contributed by atoms with Crippen molar-refractivity contribution < 1.29 is 19.1 Å². The summed E-state index contributed by atoms with van der Waals surface area (Å²) in [6, 6.07) is 23.3. The number of anilines is 1. The van der Waals surface area contributed by atoms with Crippen molar-refractivity contribution in [1.82, 2.24) is 10.3 Å². The van der Waals surface area contributed by atoms with E-state index in [4.69, 9.17) is 33.3 Å². The van der Waals surface area contributed by atoms with Crippen molar-refractivity contribution in [1.29, 1.82) is 0 Å². The summed E-state index contributed by atoms with van der Waals surface area (Å²) in [6.07, 6.45) is 3.13. The highest BCUT2D eigenvalue weighted by molar-refractivity contribution is 7.80. The molecule has 184 valence electrons. The fraction of sp³-hybridized carbons (Fsp3) is 0.0370. The maximum absolute atomic E-state index is 13.4. The molecular weight excluding hydrogens is 530 g/mol. The lowest BCUT2D eigenvalue weighted by atomic mass is 10.1. The van der Waals surface area contributed by atoms with Gasteiger partial charge in [0.15, 0.2) is 9.58 Å². The number of thiocarbonyl (C=S) groups is 1. The average Bonchev–Trinajstić information content (AvgIpc) is 3.32. The largest absolute Gasteiger partial charge is 0.487 e. The Bertz CT molecular complexity index is 1500. The van der Waals surface area contributed by atoms with Crippen molar-refractivity contribution in [2.75, 3.05) is 4.90 Å². The Morgan fingerprint density at radius 3 is 2.41 bits per heavy atom. The minimum absolute atomic E-state index is 0.00418. The number of para-hydroxylation sites is 2. The van der Waals surface area contributed by atoms with Gasteiger partial charge in [-0.15, -0.1) is 11.3 Å². The van der Waals surface area contributed by atoms with Crippen molar-refractivity contribution in [2.45, 2.75) is 6.61 Å². The molecular formula is C27H18ClN3O4S2. The predicted octanol–water partition coefficient (Wildman–Crippen LogP) is 6.00. The highest BCUT2D eigenvalue weighted by Gasteiger charge is 2.34. The molecule has 0 spiro atoms. The number of halogens is 1. The first-order valence-corrected chi connectivity index (χ1v) is 12.6. The lowest BCUT2D eigenvalue weighted by Gasteiger charge is -2.29. The van der Waals surface area contributed by atoms with E-state index in [9.17, 15) is 9.59 Å². The van der Waals surface area contributed by atoms with Gasteiger partial charge < -0.3 is 9.47 Å². The minimum atomic E-state index is -0.584. The fourth-order valence-electron chi connectivity index (χ4n) is 3.57. The number of ether oxygens (including phenoxy) is 2. The highest BCUT2D eigenvalue weighted by Crippen LogP contribution is 2.29. The summed E-state index contributed by atoms with van der Waals surface area (Å²) in [5, 5.41) is 2.59. The van der Waals surface area contributed by atoms with Crippen molar-refractivity contribution in [3.8, 4) is 17.2 Å². The van der Waals surface area contributed by atoms with Gasteiger partial charge in [-0.3, -0.25) is 19.8 Å². The predicted molar refractivity (Wildman–Crippen MR) is 147 cm³/mol. The number of hydrogen-bond donors (Lipinski definition) is 1. The Hall–Kier alpha value is -4.05. The molecule has 3 aromatic carbocycles. The van der Waals surface area contributed by atoms with Crippen LogP contribution in [0.25, 0.3) is 6.08 Å². The summed E-state index contributed by atoms with van der Waals surface area (Å²) in [5.41, 5.74) is 0.985. The number of nitrogens with one attached hydrogen (secondary N) is 1. The highest BCUT2D eigenvalue weighted by atomic mass is 35.5. The second-order valence-corrected chi connectivity index (χ2v) is 9.86. The van der Waals surface area contributed by atoms with Gasteiger partial charge >= 0.3 is 0 Å². The molecule has 0 aliphatic carbocycles. The molecule has 1 aliphatic heterocycles. The van der Waals surface area contributed by atoms with E-state index < -0.39 is 11.8 Å². The molecule has 1 aliphatic rings. The van der Waals surface area contributed by atoms with Gasteiger partial charge in [-0.1, -0.05) is 48.0 Å². The first-order valence-electron chi connectivity index (χ1n) is 11.0. The van der Waals surface area contributed by atoms with Crippen molar-refractivity contribution >= 4 is 63.8 Å². The number of benzene rings is 3. The summed E-state index contributed by atoms with van der Waals surface area (Å²) in [4.78, 5) is 32.3. The van der Waals surface area contributed by atoms with Gasteiger partial charge in [0.1, 0.15) is 29.4 Å². The van der Waals surface area contributed by atoms with Crippen molar-refractivity contribution in [3.05, 3.63) is 106 Å². The number of hydrogen-bond acceptors (Lipinski definition) is 7. The third-order valence-corrected chi connectivity index (χ3v) is 6.66. The molecule has 5 rings (SSSR count). The fourth-order valence-corrected chi connectivity index (χ4v) is 4.74.